The molecule has 0 aliphatic carbocycles. The Morgan fingerprint density at radius 1 is 1.67 bits per heavy atom. The van der Waals surface area contributed by atoms with Gasteiger partial charge in [0.2, 0.25) is 5.91 Å². The maximum Gasteiger partial charge on any atom is 0.225 e. The fourth-order valence-corrected chi connectivity index (χ4v) is 1.40. The molecule has 1 aliphatic heterocycles. The Balaban J connectivity index is 2.41. The van der Waals surface area contributed by atoms with Crippen molar-refractivity contribution in [3.8, 4) is 0 Å². The van der Waals surface area contributed by atoms with Crippen molar-refractivity contribution in [2.45, 2.75) is 26.4 Å². The van der Waals surface area contributed by atoms with Gasteiger partial charge in [-0.3, -0.25) is 9.63 Å². The minimum atomic E-state index is 0.0349. The van der Waals surface area contributed by atoms with Gasteiger partial charge in [0.15, 0.2) is 0 Å². The first-order valence-corrected chi connectivity index (χ1v) is 4.29. The lowest BCUT2D eigenvalue weighted by Crippen LogP contribution is -2.33. The van der Waals surface area contributed by atoms with E-state index < -0.39 is 0 Å². The second-order valence-electron chi connectivity index (χ2n) is 3.49. The molecule has 12 heavy (non-hydrogen) atoms. The Morgan fingerprint density at radius 3 is 2.75 bits per heavy atom. The minimum absolute atomic E-state index is 0.0349. The van der Waals surface area contributed by atoms with E-state index >= 15 is 0 Å². The number of nitrogens with zero attached hydrogens (tertiary/aromatic N) is 1. The summed E-state index contributed by atoms with van der Waals surface area (Å²) in [6.45, 7) is 5.23. The largest absolute Gasteiger partial charge is 0.340 e. The van der Waals surface area contributed by atoms with Crippen molar-refractivity contribution >= 4 is 5.91 Å². The van der Waals surface area contributed by atoms with Gasteiger partial charge >= 0.3 is 0 Å². The highest BCUT2D eigenvalue weighted by Crippen LogP contribution is 2.13. The van der Waals surface area contributed by atoms with Crippen molar-refractivity contribution in [2.24, 2.45) is 11.8 Å². The Kier molecular flexibility index (Phi) is 3.05. The Morgan fingerprint density at radius 2 is 2.33 bits per heavy atom. The lowest BCUT2D eigenvalue weighted by Gasteiger charge is -2.17. The van der Waals surface area contributed by atoms with E-state index in [0.717, 1.165) is 13.0 Å². The van der Waals surface area contributed by atoms with Crippen LogP contribution in [-0.4, -0.2) is 30.0 Å². The predicted octanol–water partition coefficient (Wildman–Crippen LogP) is 0.134. The highest BCUT2D eigenvalue weighted by Gasteiger charge is 2.27. The second-order valence-corrected chi connectivity index (χ2v) is 3.49. The van der Waals surface area contributed by atoms with Crippen LogP contribution in [0.2, 0.25) is 0 Å². The van der Waals surface area contributed by atoms with Crippen LogP contribution >= 0.6 is 0 Å². The zero-order valence-corrected chi connectivity index (χ0v) is 7.62. The first-order valence-electron chi connectivity index (χ1n) is 4.29. The maximum absolute atomic E-state index is 11.4. The van der Waals surface area contributed by atoms with Crippen molar-refractivity contribution in [3.05, 3.63) is 0 Å². The number of nitrogens with two attached hydrogens (primary N) is 1. The molecule has 0 bridgehead atoms. The first-order chi connectivity index (χ1) is 5.65. The van der Waals surface area contributed by atoms with Gasteiger partial charge in [-0.1, -0.05) is 13.8 Å². The first kappa shape index (κ1) is 9.48. The maximum atomic E-state index is 11.4. The lowest BCUT2D eigenvalue weighted by atomic mass is 10.2. The number of hydrogen-bond donors (Lipinski definition) is 1. The molecule has 70 valence electrons. The van der Waals surface area contributed by atoms with Crippen LogP contribution in [0.1, 0.15) is 20.3 Å². The number of amides is 1. The smallest absolute Gasteiger partial charge is 0.225 e. The standard InChI is InChI=1S/C8H16N2O2/c1-6(2)8(11)10-4-3-7(5-10)12-9/h6-7H,3-5,9H2,1-2H3. The van der Waals surface area contributed by atoms with Gasteiger partial charge in [-0.25, -0.2) is 5.90 Å². The molecule has 0 saturated carbocycles. The van der Waals surface area contributed by atoms with Crippen LogP contribution in [0.3, 0.4) is 0 Å². The fourth-order valence-electron chi connectivity index (χ4n) is 1.40. The van der Waals surface area contributed by atoms with E-state index in [9.17, 15) is 4.79 Å². The number of likely N-dealkylation sites (tertiary alicyclic amines) is 1. The molecule has 0 aromatic rings. The van der Waals surface area contributed by atoms with Crippen LogP contribution in [0.15, 0.2) is 0 Å². The third-order valence-corrected chi connectivity index (χ3v) is 2.14. The number of rotatable bonds is 2. The highest BCUT2D eigenvalue weighted by atomic mass is 16.6. The van der Waals surface area contributed by atoms with E-state index in [2.05, 4.69) is 4.84 Å². The van der Waals surface area contributed by atoms with Gasteiger partial charge in [0, 0.05) is 19.0 Å². The van der Waals surface area contributed by atoms with Crippen LogP contribution in [0.4, 0.5) is 0 Å². The molecule has 0 spiro atoms. The van der Waals surface area contributed by atoms with Crippen molar-refractivity contribution in [2.75, 3.05) is 13.1 Å². The molecule has 1 amide bonds. The predicted molar refractivity (Wildman–Crippen MR) is 45.1 cm³/mol. The summed E-state index contributed by atoms with van der Waals surface area (Å²) in [4.78, 5) is 17.9. The van der Waals surface area contributed by atoms with Crippen LogP contribution in [0, 0.1) is 5.92 Å². The van der Waals surface area contributed by atoms with Gasteiger partial charge in [-0.2, -0.15) is 0 Å². The average Bonchev–Trinajstić information content (AvgIpc) is 2.50. The lowest BCUT2D eigenvalue weighted by molar-refractivity contribution is -0.133. The van der Waals surface area contributed by atoms with E-state index in [1.807, 2.05) is 18.7 Å². The molecule has 0 aromatic carbocycles. The van der Waals surface area contributed by atoms with Crippen molar-refractivity contribution in [3.63, 3.8) is 0 Å². The number of hydrogen-bond acceptors (Lipinski definition) is 3. The normalized spacial score (nSPS) is 23.7. The molecule has 2 N–H and O–H groups in total. The van der Waals surface area contributed by atoms with Gasteiger partial charge in [0.25, 0.3) is 0 Å². The third-order valence-electron chi connectivity index (χ3n) is 2.14. The summed E-state index contributed by atoms with van der Waals surface area (Å²) in [5.74, 6) is 5.29. The molecule has 1 fully saturated rings. The Bertz CT molecular complexity index is 170. The van der Waals surface area contributed by atoms with Gasteiger partial charge in [0.1, 0.15) is 0 Å². The molecule has 4 heteroatoms. The summed E-state index contributed by atoms with van der Waals surface area (Å²) in [6.07, 6.45) is 0.891. The van der Waals surface area contributed by atoms with Crippen LogP contribution in [-0.2, 0) is 9.63 Å². The summed E-state index contributed by atoms with van der Waals surface area (Å²) < 4.78 is 0. The van der Waals surface area contributed by atoms with Crippen LogP contribution in [0.5, 0.6) is 0 Å². The number of carbonyl (C=O) groups is 1. The SMILES string of the molecule is CC(C)C(=O)N1CCC(ON)C1. The van der Waals surface area contributed by atoms with Crippen LogP contribution in [0.25, 0.3) is 0 Å². The van der Waals surface area contributed by atoms with E-state index in [-0.39, 0.29) is 17.9 Å². The Labute approximate surface area is 72.6 Å². The van der Waals surface area contributed by atoms with Crippen molar-refractivity contribution < 1.29 is 9.63 Å². The molecule has 1 unspecified atom stereocenters. The fraction of sp³-hybridized carbons (Fsp3) is 0.875. The van der Waals surface area contributed by atoms with Gasteiger partial charge in [0.05, 0.1) is 6.10 Å². The molecular weight excluding hydrogens is 156 g/mol. The summed E-state index contributed by atoms with van der Waals surface area (Å²) in [7, 11) is 0. The van der Waals surface area contributed by atoms with E-state index in [1.54, 1.807) is 0 Å². The van der Waals surface area contributed by atoms with E-state index in [4.69, 9.17) is 5.90 Å². The molecule has 1 atom stereocenters. The molecule has 1 heterocycles. The summed E-state index contributed by atoms with van der Waals surface area (Å²) >= 11 is 0. The summed E-state index contributed by atoms with van der Waals surface area (Å²) in [5.41, 5.74) is 0. The summed E-state index contributed by atoms with van der Waals surface area (Å²) in [5, 5.41) is 0. The topological polar surface area (TPSA) is 55.6 Å². The molecule has 1 rings (SSSR count). The summed E-state index contributed by atoms with van der Waals surface area (Å²) in [6, 6.07) is 0. The van der Waals surface area contributed by atoms with Crippen LogP contribution < -0.4 is 5.90 Å². The zero-order chi connectivity index (χ0) is 9.14. The highest BCUT2D eigenvalue weighted by molar-refractivity contribution is 5.78. The second kappa shape index (κ2) is 3.87. The molecule has 1 saturated heterocycles. The van der Waals surface area contributed by atoms with E-state index in [1.165, 1.54) is 0 Å². The van der Waals surface area contributed by atoms with Gasteiger partial charge < -0.3 is 4.90 Å². The number of carbonyl (C=O) groups excluding carboxylic acids is 1. The molecular formula is C8H16N2O2. The minimum Gasteiger partial charge on any atom is -0.340 e. The van der Waals surface area contributed by atoms with Crippen molar-refractivity contribution in [1.82, 2.24) is 4.90 Å². The quantitative estimate of drug-likeness (QED) is 0.602. The zero-order valence-electron chi connectivity index (χ0n) is 7.62. The van der Waals surface area contributed by atoms with Gasteiger partial charge in [-0.05, 0) is 6.42 Å². The molecule has 0 radical (unpaired) electrons. The monoisotopic (exact) mass is 172 g/mol. The van der Waals surface area contributed by atoms with Crippen molar-refractivity contribution in [1.29, 1.82) is 0 Å². The van der Waals surface area contributed by atoms with E-state index in [0.29, 0.717) is 6.54 Å². The molecule has 4 nitrogen and oxygen atoms in total. The molecule has 0 aromatic heterocycles. The third kappa shape index (κ3) is 1.95. The van der Waals surface area contributed by atoms with Gasteiger partial charge in [-0.15, -0.1) is 0 Å². The Hall–Kier alpha value is -0.610. The molecule has 1 aliphatic rings. The average molecular weight is 172 g/mol.